The van der Waals surface area contributed by atoms with Gasteiger partial charge in [-0.05, 0) is 37.8 Å². The van der Waals surface area contributed by atoms with Gasteiger partial charge in [-0.1, -0.05) is 12.2 Å². The van der Waals surface area contributed by atoms with Crippen molar-refractivity contribution < 1.29 is 17.6 Å². The number of rotatable bonds is 4. The van der Waals surface area contributed by atoms with Gasteiger partial charge in [0.1, 0.15) is 11.5 Å². The molecule has 0 bridgehead atoms. The molecule has 120 valence electrons. The Labute approximate surface area is 130 Å². The van der Waals surface area contributed by atoms with Gasteiger partial charge in [0.25, 0.3) is 0 Å². The number of sulfone groups is 1. The molecule has 1 aromatic rings. The highest BCUT2D eigenvalue weighted by molar-refractivity contribution is 7.91. The molecule has 0 saturated carbocycles. The van der Waals surface area contributed by atoms with E-state index >= 15 is 0 Å². The van der Waals surface area contributed by atoms with Crippen LogP contribution in [0.15, 0.2) is 35.0 Å². The second-order valence-electron chi connectivity index (χ2n) is 6.06. The molecule has 0 N–H and O–H groups in total. The van der Waals surface area contributed by atoms with E-state index < -0.39 is 15.1 Å². The van der Waals surface area contributed by atoms with Crippen LogP contribution in [0, 0.1) is 5.92 Å². The number of nitrogens with zero attached hydrogens (tertiary/aromatic N) is 1. The molecule has 5 nitrogen and oxygen atoms in total. The predicted molar refractivity (Wildman–Crippen MR) is 82.8 cm³/mol. The number of allylic oxidation sites excluding steroid dienone is 2. The topological polar surface area (TPSA) is 67.6 Å². The predicted octanol–water partition coefficient (Wildman–Crippen LogP) is 2.15. The van der Waals surface area contributed by atoms with Crippen LogP contribution in [-0.2, 0) is 20.4 Å². The molecule has 0 aromatic carbocycles. The van der Waals surface area contributed by atoms with Crippen LogP contribution in [0.25, 0.3) is 0 Å². The van der Waals surface area contributed by atoms with E-state index in [2.05, 4.69) is 6.08 Å². The fourth-order valence-corrected chi connectivity index (χ4v) is 4.88. The fourth-order valence-electron chi connectivity index (χ4n) is 3.21. The first-order chi connectivity index (χ1) is 10.6. The minimum atomic E-state index is -3.28. The van der Waals surface area contributed by atoms with Gasteiger partial charge in [0.05, 0.1) is 11.5 Å². The number of likely N-dealkylation sites (tertiary alicyclic amines) is 1. The minimum Gasteiger partial charge on any atom is -0.468 e. The molecule has 2 aliphatic rings. The van der Waals surface area contributed by atoms with Crippen molar-refractivity contribution in [3.63, 3.8) is 0 Å². The van der Waals surface area contributed by atoms with Crippen LogP contribution < -0.4 is 0 Å². The molecule has 1 fully saturated rings. The molecular formula is C16H21NO4S. The first-order valence-electron chi connectivity index (χ1n) is 7.74. The second-order valence-corrected chi connectivity index (χ2v) is 8.34. The lowest BCUT2D eigenvalue weighted by Crippen LogP contribution is -2.36. The van der Waals surface area contributed by atoms with Crippen LogP contribution in [-0.4, -0.2) is 37.6 Å². The first kappa shape index (κ1) is 15.3. The van der Waals surface area contributed by atoms with Crippen LogP contribution in [0.4, 0.5) is 0 Å². The van der Waals surface area contributed by atoms with Crippen molar-refractivity contribution in [2.45, 2.75) is 36.7 Å². The van der Waals surface area contributed by atoms with Crippen molar-refractivity contribution >= 4 is 15.7 Å². The van der Waals surface area contributed by atoms with Gasteiger partial charge < -0.3 is 9.32 Å². The van der Waals surface area contributed by atoms with Gasteiger partial charge >= 0.3 is 0 Å². The summed E-state index contributed by atoms with van der Waals surface area (Å²) in [4.78, 5) is 14.2. The van der Waals surface area contributed by atoms with Crippen molar-refractivity contribution in [3.8, 4) is 0 Å². The normalized spacial score (nSPS) is 25.5. The fraction of sp³-hybridized carbons (Fsp3) is 0.562. The number of carbonyl (C=O) groups excluding carboxylic acids is 1. The molecule has 0 unspecified atom stereocenters. The summed E-state index contributed by atoms with van der Waals surface area (Å²) in [6.07, 6.45) is 8.74. The zero-order chi connectivity index (χ0) is 15.6. The molecule has 1 aliphatic heterocycles. The Morgan fingerprint density at radius 1 is 1.32 bits per heavy atom. The van der Waals surface area contributed by atoms with Crippen LogP contribution >= 0.6 is 0 Å². The standard InChI is InChI=1S/C16H21NO4S/c18-16(13-5-2-1-3-6-13)17-9-8-15(11-17)22(19,20)12-14-7-4-10-21-14/h1-2,4,7,10,13,15H,3,5-6,8-9,11-12H2/t13-,15-/m1/s1. The van der Waals surface area contributed by atoms with E-state index in [1.807, 2.05) is 6.08 Å². The molecule has 0 radical (unpaired) electrons. The van der Waals surface area contributed by atoms with Crippen LogP contribution in [0.5, 0.6) is 0 Å². The van der Waals surface area contributed by atoms with Crippen molar-refractivity contribution in [2.75, 3.05) is 13.1 Å². The molecule has 6 heteroatoms. The molecule has 1 aromatic heterocycles. The van der Waals surface area contributed by atoms with Crippen molar-refractivity contribution in [1.82, 2.24) is 4.90 Å². The van der Waals surface area contributed by atoms with Crippen molar-refractivity contribution in [3.05, 3.63) is 36.3 Å². The third-order valence-corrected chi connectivity index (χ3v) is 6.59. The molecule has 22 heavy (non-hydrogen) atoms. The highest BCUT2D eigenvalue weighted by atomic mass is 32.2. The largest absolute Gasteiger partial charge is 0.468 e. The zero-order valence-corrected chi connectivity index (χ0v) is 13.3. The van der Waals surface area contributed by atoms with Crippen molar-refractivity contribution in [1.29, 1.82) is 0 Å². The maximum absolute atomic E-state index is 12.5. The van der Waals surface area contributed by atoms with E-state index in [0.717, 1.165) is 19.3 Å². The van der Waals surface area contributed by atoms with Gasteiger partial charge in [0.15, 0.2) is 9.84 Å². The third-order valence-electron chi connectivity index (χ3n) is 4.51. The van der Waals surface area contributed by atoms with Gasteiger partial charge in [0.2, 0.25) is 5.91 Å². The maximum Gasteiger partial charge on any atom is 0.226 e. The van der Waals surface area contributed by atoms with E-state index in [9.17, 15) is 13.2 Å². The van der Waals surface area contributed by atoms with E-state index in [1.54, 1.807) is 17.0 Å². The summed E-state index contributed by atoms with van der Waals surface area (Å²) in [6.45, 7) is 0.864. The lowest BCUT2D eigenvalue weighted by molar-refractivity contribution is -0.134. The number of furan rings is 1. The van der Waals surface area contributed by atoms with Gasteiger partial charge in [-0.3, -0.25) is 4.79 Å². The summed E-state index contributed by atoms with van der Waals surface area (Å²) in [5.41, 5.74) is 0. The highest BCUT2D eigenvalue weighted by Crippen LogP contribution is 2.26. The summed E-state index contributed by atoms with van der Waals surface area (Å²) in [5, 5.41) is -0.472. The molecule has 0 spiro atoms. The number of hydrogen-bond acceptors (Lipinski definition) is 4. The van der Waals surface area contributed by atoms with E-state index in [4.69, 9.17) is 4.42 Å². The molecule has 1 saturated heterocycles. The first-order valence-corrected chi connectivity index (χ1v) is 9.45. The summed E-state index contributed by atoms with van der Waals surface area (Å²) in [6, 6.07) is 3.36. The maximum atomic E-state index is 12.5. The molecule has 2 atom stereocenters. The number of amides is 1. The SMILES string of the molecule is O=C([C@@H]1CC=CCC1)N1CC[C@@H](S(=O)(=O)Cc2ccco2)C1. The summed E-state index contributed by atoms with van der Waals surface area (Å²) < 4.78 is 30.0. The van der Waals surface area contributed by atoms with Gasteiger partial charge in [0, 0.05) is 19.0 Å². The van der Waals surface area contributed by atoms with E-state index in [1.165, 1.54) is 6.26 Å². The quantitative estimate of drug-likeness (QED) is 0.796. The lowest BCUT2D eigenvalue weighted by atomic mass is 9.93. The Kier molecular flexibility index (Phi) is 4.38. The summed E-state index contributed by atoms with van der Waals surface area (Å²) in [5.74, 6) is 0.512. The summed E-state index contributed by atoms with van der Waals surface area (Å²) in [7, 11) is -3.28. The van der Waals surface area contributed by atoms with Crippen LogP contribution in [0.1, 0.15) is 31.4 Å². The third kappa shape index (κ3) is 3.27. The minimum absolute atomic E-state index is 0.0246. The van der Waals surface area contributed by atoms with Gasteiger partial charge in [-0.15, -0.1) is 0 Å². The van der Waals surface area contributed by atoms with Crippen LogP contribution in [0.3, 0.4) is 0 Å². The summed E-state index contributed by atoms with van der Waals surface area (Å²) >= 11 is 0. The highest BCUT2D eigenvalue weighted by Gasteiger charge is 2.37. The van der Waals surface area contributed by atoms with Crippen LogP contribution in [0.2, 0.25) is 0 Å². The van der Waals surface area contributed by atoms with Crippen molar-refractivity contribution in [2.24, 2.45) is 5.92 Å². The monoisotopic (exact) mass is 323 g/mol. The Morgan fingerprint density at radius 3 is 2.86 bits per heavy atom. The van der Waals surface area contributed by atoms with E-state index in [-0.39, 0.29) is 17.6 Å². The zero-order valence-electron chi connectivity index (χ0n) is 12.5. The molecular weight excluding hydrogens is 302 g/mol. The van der Waals surface area contributed by atoms with Gasteiger partial charge in [-0.2, -0.15) is 0 Å². The average molecular weight is 323 g/mol. The molecule has 2 heterocycles. The molecule has 1 amide bonds. The smallest absolute Gasteiger partial charge is 0.226 e. The Balaban J connectivity index is 1.61. The number of carbonyl (C=O) groups is 1. The Bertz CT molecular complexity index is 648. The van der Waals surface area contributed by atoms with E-state index in [0.29, 0.717) is 25.3 Å². The Hall–Kier alpha value is -1.56. The second kappa shape index (κ2) is 6.28. The number of hydrogen-bond donors (Lipinski definition) is 0. The molecule has 1 aliphatic carbocycles. The lowest BCUT2D eigenvalue weighted by Gasteiger charge is -2.24. The van der Waals surface area contributed by atoms with Gasteiger partial charge in [-0.25, -0.2) is 8.42 Å². The average Bonchev–Trinajstić information content (AvgIpc) is 3.18. The Morgan fingerprint density at radius 2 is 2.18 bits per heavy atom. The molecule has 3 rings (SSSR count).